The number of carbonyl (C=O) groups excluding carboxylic acids is 2. The molecular formula is C12H24O4Si. The van der Waals surface area contributed by atoms with Crippen LogP contribution >= 0.6 is 0 Å². The van der Waals surface area contributed by atoms with Crippen LogP contribution in [-0.4, -0.2) is 33.5 Å². The Morgan fingerprint density at radius 1 is 0.765 bits per heavy atom. The third-order valence-corrected chi connectivity index (χ3v) is 9.37. The van der Waals surface area contributed by atoms with Crippen LogP contribution in [0.2, 0.25) is 10.1 Å². The van der Waals surface area contributed by atoms with Crippen LogP contribution in [0.25, 0.3) is 0 Å². The first-order valence-corrected chi connectivity index (χ1v) is 7.63. The highest BCUT2D eigenvalue weighted by atomic mass is 28.3. The fourth-order valence-electron chi connectivity index (χ4n) is 2.74. The first-order valence-electron chi connectivity index (χ1n) is 5.63. The van der Waals surface area contributed by atoms with Gasteiger partial charge in [-0.3, -0.25) is 9.59 Å². The summed E-state index contributed by atoms with van der Waals surface area (Å²) in [5.74, 6) is 0. The second kappa shape index (κ2) is 4.80. The van der Waals surface area contributed by atoms with E-state index < -0.39 is 29.3 Å². The minimum Gasteiger partial charge on any atom is -0.473 e. The average molecular weight is 260 g/mol. The molecule has 0 aromatic rings. The van der Waals surface area contributed by atoms with Crippen molar-refractivity contribution in [1.29, 1.82) is 0 Å². The molecule has 0 N–H and O–H groups in total. The van der Waals surface area contributed by atoms with Gasteiger partial charge in [0.1, 0.15) is 0 Å². The molecule has 0 unspecified atom stereocenters. The molecule has 0 rings (SSSR count). The van der Waals surface area contributed by atoms with Crippen molar-refractivity contribution in [3.8, 4) is 0 Å². The zero-order chi connectivity index (χ0) is 14.1. The summed E-state index contributed by atoms with van der Waals surface area (Å²) in [4.78, 5) is 24.5. The number of ether oxygens (including phenoxy) is 2. The summed E-state index contributed by atoms with van der Waals surface area (Å²) in [6, 6.07) is 0. The van der Waals surface area contributed by atoms with Crippen LogP contribution in [0.4, 0.5) is 9.59 Å². The molecule has 4 nitrogen and oxygen atoms in total. The van der Waals surface area contributed by atoms with Crippen molar-refractivity contribution in [2.45, 2.75) is 51.6 Å². The summed E-state index contributed by atoms with van der Waals surface area (Å²) < 4.78 is 9.83. The Labute approximate surface area is 105 Å². The highest BCUT2D eigenvalue weighted by Crippen LogP contribution is 2.52. The molecule has 0 fully saturated rings. The highest BCUT2D eigenvalue weighted by molar-refractivity contribution is 7.26. The van der Waals surface area contributed by atoms with Gasteiger partial charge in [-0.15, -0.1) is 0 Å². The minimum atomic E-state index is -3.13. The van der Waals surface area contributed by atoms with Crippen molar-refractivity contribution in [3.05, 3.63) is 0 Å². The van der Waals surface area contributed by atoms with Crippen LogP contribution in [0.3, 0.4) is 0 Å². The highest BCUT2D eigenvalue weighted by Gasteiger charge is 2.67. The number of carbonyl (C=O) groups is 2. The fraction of sp³-hybridized carbons (Fsp3) is 0.833. The molecule has 0 aromatic carbocycles. The Morgan fingerprint density at radius 2 is 1.00 bits per heavy atom. The second-order valence-electron chi connectivity index (χ2n) is 6.23. The number of methoxy groups -OCH3 is 2. The largest absolute Gasteiger partial charge is 0.473 e. The SMILES string of the molecule is COC(=O)[Si](C(=O)OC)(C(C)(C)C)C(C)(C)C. The van der Waals surface area contributed by atoms with Crippen LogP contribution in [0.15, 0.2) is 0 Å². The van der Waals surface area contributed by atoms with Crippen molar-refractivity contribution in [2.24, 2.45) is 0 Å². The van der Waals surface area contributed by atoms with Crippen molar-refractivity contribution < 1.29 is 19.1 Å². The van der Waals surface area contributed by atoms with E-state index in [1.807, 2.05) is 41.5 Å². The molecule has 0 heterocycles. The van der Waals surface area contributed by atoms with Gasteiger partial charge in [0, 0.05) is 0 Å². The smallest absolute Gasteiger partial charge is 0.322 e. The number of hydrogen-bond acceptors (Lipinski definition) is 4. The summed E-state index contributed by atoms with van der Waals surface area (Å²) in [6.45, 7) is 11.4. The van der Waals surface area contributed by atoms with Crippen LogP contribution in [-0.2, 0) is 9.47 Å². The Morgan fingerprint density at radius 3 is 1.12 bits per heavy atom. The second-order valence-corrected chi connectivity index (χ2v) is 11.5. The Kier molecular flexibility index (Phi) is 4.56. The maximum atomic E-state index is 12.3. The Hall–Kier alpha value is -0.843. The molecular weight excluding hydrogens is 236 g/mol. The molecule has 0 amide bonds. The molecule has 0 radical (unpaired) electrons. The monoisotopic (exact) mass is 260 g/mol. The molecule has 100 valence electrons. The van der Waals surface area contributed by atoms with Gasteiger partial charge in [-0.05, 0) is 10.1 Å². The van der Waals surface area contributed by atoms with Crippen molar-refractivity contribution in [1.82, 2.24) is 0 Å². The Bertz CT molecular complexity index is 277. The van der Waals surface area contributed by atoms with E-state index in [1.54, 1.807) is 0 Å². The third-order valence-electron chi connectivity index (χ3n) is 3.23. The normalized spacial score (nSPS) is 13.2. The van der Waals surface area contributed by atoms with E-state index in [9.17, 15) is 9.59 Å². The summed E-state index contributed by atoms with van der Waals surface area (Å²) in [6.07, 6.45) is 0. The summed E-state index contributed by atoms with van der Waals surface area (Å²) in [5.41, 5.74) is -0.825. The van der Waals surface area contributed by atoms with E-state index in [1.165, 1.54) is 14.2 Å². The fourth-order valence-corrected chi connectivity index (χ4v) is 8.22. The van der Waals surface area contributed by atoms with E-state index in [2.05, 4.69) is 0 Å². The zero-order valence-corrected chi connectivity index (χ0v) is 13.1. The van der Waals surface area contributed by atoms with E-state index in [0.717, 1.165) is 0 Å². The van der Waals surface area contributed by atoms with Gasteiger partial charge >= 0.3 is 8.07 Å². The third kappa shape index (κ3) is 2.39. The molecule has 17 heavy (non-hydrogen) atoms. The molecule has 0 bridgehead atoms. The molecule has 0 aromatic heterocycles. The molecule has 0 saturated heterocycles. The van der Waals surface area contributed by atoms with Gasteiger partial charge in [0.05, 0.1) is 14.2 Å². The van der Waals surface area contributed by atoms with Crippen molar-refractivity contribution in [3.63, 3.8) is 0 Å². The molecule has 0 aliphatic rings. The van der Waals surface area contributed by atoms with E-state index in [0.29, 0.717) is 0 Å². The van der Waals surface area contributed by atoms with Crippen LogP contribution in [0.5, 0.6) is 0 Å². The molecule has 0 atom stereocenters. The van der Waals surface area contributed by atoms with Crippen molar-refractivity contribution in [2.75, 3.05) is 14.2 Å². The lowest BCUT2D eigenvalue weighted by molar-refractivity contribution is 0.181. The molecule has 5 heteroatoms. The van der Waals surface area contributed by atoms with Gasteiger partial charge in [0.25, 0.3) is 11.2 Å². The van der Waals surface area contributed by atoms with E-state index in [4.69, 9.17) is 9.47 Å². The van der Waals surface area contributed by atoms with E-state index >= 15 is 0 Å². The lowest BCUT2D eigenvalue weighted by Crippen LogP contribution is -2.64. The maximum absolute atomic E-state index is 12.3. The molecule has 0 spiro atoms. The Balaban J connectivity index is 6.12. The zero-order valence-electron chi connectivity index (χ0n) is 12.1. The van der Waals surface area contributed by atoms with Crippen LogP contribution in [0, 0.1) is 0 Å². The van der Waals surface area contributed by atoms with E-state index in [-0.39, 0.29) is 0 Å². The topological polar surface area (TPSA) is 52.6 Å². The first kappa shape index (κ1) is 16.2. The molecule has 0 aliphatic carbocycles. The van der Waals surface area contributed by atoms with Crippen LogP contribution < -0.4 is 0 Å². The van der Waals surface area contributed by atoms with Crippen LogP contribution in [0.1, 0.15) is 41.5 Å². The van der Waals surface area contributed by atoms with Gasteiger partial charge < -0.3 is 9.47 Å². The first-order chi connectivity index (χ1) is 7.46. The molecule has 0 aliphatic heterocycles. The predicted octanol–water partition coefficient (Wildman–Crippen LogP) is 3.73. The van der Waals surface area contributed by atoms with Gasteiger partial charge in [0.2, 0.25) is 0 Å². The van der Waals surface area contributed by atoms with Gasteiger partial charge in [0.15, 0.2) is 0 Å². The van der Waals surface area contributed by atoms with Gasteiger partial charge in [-0.2, -0.15) is 0 Å². The summed E-state index contributed by atoms with van der Waals surface area (Å²) >= 11 is 0. The lowest BCUT2D eigenvalue weighted by atomic mass is 10.2. The summed E-state index contributed by atoms with van der Waals surface area (Å²) in [7, 11) is -0.480. The standard InChI is InChI=1S/C12H24O4Si/c1-11(2,3)17(9(13)15-7,10(14)16-8)12(4,5)6/h1-8H3. The van der Waals surface area contributed by atoms with Gasteiger partial charge in [-0.25, -0.2) is 0 Å². The summed E-state index contributed by atoms with van der Waals surface area (Å²) in [5, 5.41) is -0.934. The number of hydrogen-bond donors (Lipinski definition) is 0. The van der Waals surface area contributed by atoms with Crippen molar-refractivity contribution >= 4 is 19.3 Å². The number of rotatable bonds is 2. The average Bonchev–Trinajstić information content (AvgIpc) is 2.13. The lowest BCUT2D eigenvalue weighted by Gasteiger charge is -2.45. The predicted molar refractivity (Wildman–Crippen MR) is 70.0 cm³/mol. The maximum Gasteiger partial charge on any atom is 0.322 e. The minimum absolute atomic E-state index is 0.413. The quantitative estimate of drug-likeness (QED) is 0.710. The van der Waals surface area contributed by atoms with Gasteiger partial charge in [-0.1, -0.05) is 41.5 Å². The molecule has 0 saturated carbocycles.